The fraction of sp³-hybridized carbons (Fsp3) is 1.00. The molecule has 3 heteroatoms. The lowest BCUT2D eigenvalue weighted by Crippen LogP contribution is -2.45. The monoisotopic (exact) mass is 216 g/mol. The normalized spacial score (nSPS) is 14.6. The van der Waals surface area contributed by atoms with Crippen molar-refractivity contribution in [2.24, 2.45) is 11.1 Å². The standard InChI is InChI=1S/C12H28N2O/c1-6-11(8-15-5)14(7-2)10-12(3,4)9-13/h11H,6-10,13H2,1-5H3. The predicted octanol–water partition coefficient (Wildman–Crippen LogP) is 1.72. The first-order valence-corrected chi connectivity index (χ1v) is 5.93. The summed E-state index contributed by atoms with van der Waals surface area (Å²) in [6, 6.07) is 0.519. The number of rotatable bonds is 8. The van der Waals surface area contributed by atoms with E-state index in [4.69, 9.17) is 10.5 Å². The second-order valence-corrected chi connectivity index (χ2v) is 4.95. The summed E-state index contributed by atoms with van der Waals surface area (Å²) in [4.78, 5) is 2.47. The van der Waals surface area contributed by atoms with E-state index in [0.717, 1.165) is 32.7 Å². The summed E-state index contributed by atoms with van der Waals surface area (Å²) in [6.45, 7) is 12.5. The molecule has 0 fully saturated rings. The van der Waals surface area contributed by atoms with Crippen LogP contribution in [0.5, 0.6) is 0 Å². The largest absolute Gasteiger partial charge is 0.383 e. The minimum absolute atomic E-state index is 0.192. The molecular formula is C12H28N2O. The van der Waals surface area contributed by atoms with Gasteiger partial charge < -0.3 is 10.5 Å². The SMILES string of the molecule is CCC(COC)N(CC)CC(C)(C)CN. The summed E-state index contributed by atoms with van der Waals surface area (Å²) in [6.07, 6.45) is 1.13. The molecule has 0 saturated carbocycles. The van der Waals surface area contributed by atoms with Crippen LogP contribution in [0.2, 0.25) is 0 Å². The molecular weight excluding hydrogens is 188 g/mol. The van der Waals surface area contributed by atoms with E-state index in [1.54, 1.807) is 7.11 Å². The minimum Gasteiger partial charge on any atom is -0.383 e. The molecule has 0 aromatic heterocycles. The number of nitrogens with two attached hydrogens (primary N) is 1. The van der Waals surface area contributed by atoms with Crippen LogP contribution in [0, 0.1) is 5.41 Å². The summed E-state index contributed by atoms with van der Waals surface area (Å²) in [5.74, 6) is 0. The Labute approximate surface area is 95.0 Å². The molecule has 0 aromatic carbocycles. The molecule has 0 saturated heterocycles. The van der Waals surface area contributed by atoms with Crippen molar-refractivity contribution < 1.29 is 4.74 Å². The Morgan fingerprint density at radius 3 is 2.27 bits per heavy atom. The van der Waals surface area contributed by atoms with Crippen LogP contribution in [0.15, 0.2) is 0 Å². The quantitative estimate of drug-likeness (QED) is 0.671. The van der Waals surface area contributed by atoms with Gasteiger partial charge in [-0.05, 0) is 24.9 Å². The summed E-state index contributed by atoms with van der Waals surface area (Å²) >= 11 is 0. The number of nitrogens with zero attached hydrogens (tertiary/aromatic N) is 1. The number of likely N-dealkylation sites (N-methyl/N-ethyl adjacent to an activating group) is 1. The molecule has 0 rings (SSSR count). The highest BCUT2D eigenvalue weighted by Gasteiger charge is 2.23. The lowest BCUT2D eigenvalue weighted by molar-refractivity contribution is 0.0668. The Morgan fingerprint density at radius 2 is 1.93 bits per heavy atom. The highest BCUT2D eigenvalue weighted by Crippen LogP contribution is 2.17. The molecule has 1 unspecified atom stereocenters. The van der Waals surface area contributed by atoms with Crippen molar-refractivity contribution >= 4 is 0 Å². The third kappa shape index (κ3) is 5.50. The van der Waals surface area contributed by atoms with Gasteiger partial charge in [0.2, 0.25) is 0 Å². The predicted molar refractivity (Wildman–Crippen MR) is 66.0 cm³/mol. The second-order valence-electron chi connectivity index (χ2n) is 4.95. The Kier molecular flexibility index (Phi) is 7.14. The molecule has 1 atom stereocenters. The third-order valence-electron chi connectivity index (χ3n) is 2.94. The van der Waals surface area contributed by atoms with Crippen molar-refractivity contribution in [1.82, 2.24) is 4.90 Å². The maximum absolute atomic E-state index is 5.77. The molecule has 0 heterocycles. The van der Waals surface area contributed by atoms with Crippen LogP contribution in [0.1, 0.15) is 34.1 Å². The van der Waals surface area contributed by atoms with Gasteiger partial charge in [-0.2, -0.15) is 0 Å². The van der Waals surface area contributed by atoms with E-state index in [1.165, 1.54) is 0 Å². The van der Waals surface area contributed by atoms with Gasteiger partial charge in [0.05, 0.1) is 6.61 Å². The van der Waals surface area contributed by atoms with E-state index in [1.807, 2.05) is 0 Å². The highest BCUT2D eigenvalue weighted by atomic mass is 16.5. The van der Waals surface area contributed by atoms with E-state index >= 15 is 0 Å². The van der Waals surface area contributed by atoms with E-state index in [-0.39, 0.29) is 5.41 Å². The fourth-order valence-corrected chi connectivity index (χ4v) is 1.79. The van der Waals surface area contributed by atoms with Crippen LogP contribution in [0.4, 0.5) is 0 Å². The molecule has 92 valence electrons. The lowest BCUT2D eigenvalue weighted by atomic mass is 9.92. The zero-order valence-electron chi connectivity index (χ0n) is 11.0. The van der Waals surface area contributed by atoms with E-state index in [2.05, 4.69) is 32.6 Å². The molecule has 0 aliphatic heterocycles. The first-order valence-electron chi connectivity index (χ1n) is 5.93. The first-order chi connectivity index (χ1) is 7.00. The van der Waals surface area contributed by atoms with Crippen molar-refractivity contribution in [2.45, 2.75) is 40.2 Å². The van der Waals surface area contributed by atoms with Crippen LogP contribution in [0.25, 0.3) is 0 Å². The summed E-state index contributed by atoms with van der Waals surface area (Å²) in [7, 11) is 1.77. The summed E-state index contributed by atoms with van der Waals surface area (Å²) < 4.78 is 5.25. The zero-order chi connectivity index (χ0) is 11.9. The van der Waals surface area contributed by atoms with Gasteiger partial charge in [0.1, 0.15) is 0 Å². The molecule has 0 spiro atoms. The Morgan fingerprint density at radius 1 is 1.33 bits per heavy atom. The molecule has 15 heavy (non-hydrogen) atoms. The molecule has 3 nitrogen and oxygen atoms in total. The van der Waals surface area contributed by atoms with E-state index in [0.29, 0.717) is 6.04 Å². The van der Waals surface area contributed by atoms with Crippen molar-refractivity contribution in [3.05, 3.63) is 0 Å². The van der Waals surface area contributed by atoms with Crippen molar-refractivity contribution in [1.29, 1.82) is 0 Å². The molecule has 0 aliphatic rings. The maximum Gasteiger partial charge on any atom is 0.0617 e. The summed E-state index contributed by atoms with van der Waals surface area (Å²) in [5.41, 5.74) is 5.96. The van der Waals surface area contributed by atoms with Gasteiger partial charge >= 0.3 is 0 Å². The van der Waals surface area contributed by atoms with Crippen LogP contribution in [0.3, 0.4) is 0 Å². The lowest BCUT2D eigenvalue weighted by Gasteiger charge is -2.36. The van der Waals surface area contributed by atoms with Crippen molar-refractivity contribution in [3.8, 4) is 0 Å². The summed E-state index contributed by atoms with van der Waals surface area (Å²) in [5, 5.41) is 0. The smallest absolute Gasteiger partial charge is 0.0617 e. The van der Waals surface area contributed by atoms with Crippen LogP contribution in [-0.2, 0) is 4.74 Å². The number of hydrogen-bond acceptors (Lipinski definition) is 3. The van der Waals surface area contributed by atoms with Crippen molar-refractivity contribution in [3.63, 3.8) is 0 Å². The highest BCUT2D eigenvalue weighted by molar-refractivity contribution is 4.78. The molecule has 0 bridgehead atoms. The zero-order valence-corrected chi connectivity index (χ0v) is 11.0. The molecule has 2 N–H and O–H groups in total. The number of methoxy groups -OCH3 is 1. The maximum atomic E-state index is 5.77. The Balaban J connectivity index is 4.32. The Hall–Kier alpha value is -0.120. The average molecular weight is 216 g/mol. The average Bonchev–Trinajstić information content (AvgIpc) is 2.23. The van der Waals surface area contributed by atoms with Gasteiger partial charge in [-0.3, -0.25) is 4.90 Å². The van der Waals surface area contributed by atoms with Crippen LogP contribution in [-0.4, -0.2) is 44.3 Å². The van der Waals surface area contributed by atoms with Crippen LogP contribution >= 0.6 is 0 Å². The third-order valence-corrected chi connectivity index (χ3v) is 2.94. The topological polar surface area (TPSA) is 38.5 Å². The molecule has 0 amide bonds. The first kappa shape index (κ1) is 14.9. The number of hydrogen-bond donors (Lipinski definition) is 1. The van der Waals surface area contributed by atoms with Crippen LogP contribution < -0.4 is 5.73 Å². The van der Waals surface area contributed by atoms with Gasteiger partial charge in [0.25, 0.3) is 0 Å². The molecule has 0 aliphatic carbocycles. The van der Waals surface area contributed by atoms with Crippen molar-refractivity contribution in [2.75, 3.05) is 33.4 Å². The number of ether oxygens (including phenoxy) is 1. The fourth-order valence-electron chi connectivity index (χ4n) is 1.79. The second kappa shape index (κ2) is 7.20. The Bertz CT molecular complexity index is 160. The minimum atomic E-state index is 0.192. The van der Waals surface area contributed by atoms with E-state index < -0.39 is 0 Å². The van der Waals surface area contributed by atoms with Gasteiger partial charge in [-0.25, -0.2) is 0 Å². The molecule has 0 aromatic rings. The van der Waals surface area contributed by atoms with Gasteiger partial charge in [-0.1, -0.05) is 27.7 Å². The van der Waals surface area contributed by atoms with Gasteiger partial charge in [0.15, 0.2) is 0 Å². The molecule has 0 radical (unpaired) electrons. The van der Waals surface area contributed by atoms with E-state index in [9.17, 15) is 0 Å². The van der Waals surface area contributed by atoms with Gasteiger partial charge in [-0.15, -0.1) is 0 Å². The van der Waals surface area contributed by atoms with Gasteiger partial charge in [0, 0.05) is 19.7 Å².